The van der Waals surface area contributed by atoms with Gasteiger partial charge in [0.15, 0.2) is 5.82 Å². The van der Waals surface area contributed by atoms with Crippen LogP contribution in [0.15, 0.2) is 152 Å². The smallest absolute Gasteiger partial charge is 0.160 e. The molecule has 3 heteroatoms. The molecule has 222 valence electrons. The van der Waals surface area contributed by atoms with Crippen LogP contribution in [-0.2, 0) is 5.41 Å². The summed E-state index contributed by atoms with van der Waals surface area (Å²) in [5.41, 5.74) is 13.3. The Hall–Kier alpha value is -5.93. The lowest BCUT2D eigenvalue weighted by molar-refractivity contribution is 0.661. The quantitative estimate of drug-likeness (QED) is 0.188. The predicted molar refractivity (Wildman–Crippen MR) is 194 cm³/mol. The highest BCUT2D eigenvalue weighted by Crippen LogP contribution is 2.53. The van der Waals surface area contributed by atoms with Crippen molar-refractivity contribution in [2.24, 2.45) is 0 Å². The van der Waals surface area contributed by atoms with Crippen molar-refractivity contribution < 1.29 is 0 Å². The molecule has 3 nitrogen and oxygen atoms in total. The molecule has 0 spiro atoms. The summed E-state index contributed by atoms with van der Waals surface area (Å²) in [5, 5.41) is 3.62. The molecule has 0 saturated carbocycles. The van der Waals surface area contributed by atoms with Gasteiger partial charge in [0, 0.05) is 43.8 Å². The second kappa shape index (κ2) is 10.6. The van der Waals surface area contributed by atoms with Gasteiger partial charge in [-0.1, -0.05) is 153 Å². The van der Waals surface area contributed by atoms with E-state index in [9.17, 15) is 0 Å². The standard InChI is InChI=1S/C44H31N3/c1-44(2)35-19-11-9-17-32(35)41-36(44)26-25-34-40(41)33-18-10-12-20-37(33)45-42(34)30-21-23-31(24-22-30)43-46-38(28-13-5-3-6-14-28)27-39(47-43)29-15-7-4-8-16-29/h3-27H,1-2H3. The van der Waals surface area contributed by atoms with Crippen molar-refractivity contribution >= 4 is 21.7 Å². The summed E-state index contributed by atoms with van der Waals surface area (Å²) in [6, 6.07) is 53.3. The van der Waals surface area contributed by atoms with Crippen molar-refractivity contribution in [2.75, 3.05) is 0 Å². The molecular formula is C44H31N3. The SMILES string of the molecule is CC1(C)c2ccccc2-c2c1ccc1c(-c3ccc(-c4nc(-c5ccccc5)cc(-c5ccccc5)n4)cc3)nc3ccccc3c21. The fourth-order valence-corrected chi connectivity index (χ4v) is 7.32. The number of pyridine rings is 1. The van der Waals surface area contributed by atoms with Gasteiger partial charge in [0.25, 0.3) is 0 Å². The molecule has 1 aliphatic carbocycles. The summed E-state index contributed by atoms with van der Waals surface area (Å²) in [7, 11) is 0. The van der Waals surface area contributed by atoms with Crippen LogP contribution >= 0.6 is 0 Å². The topological polar surface area (TPSA) is 38.7 Å². The number of rotatable bonds is 4. The molecule has 0 unspecified atom stereocenters. The van der Waals surface area contributed by atoms with Crippen LogP contribution in [0.2, 0.25) is 0 Å². The highest BCUT2D eigenvalue weighted by atomic mass is 14.9. The molecule has 0 atom stereocenters. The van der Waals surface area contributed by atoms with Crippen LogP contribution < -0.4 is 0 Å². The highest BCUT2D eigenvalue weighted by Gasteiger charge is 2.36. The third-order valence-electron chi connectivity index (χ3n) is 9.69. The summed E-state index contributed by atoms with van der Waals surface area (Å²) in [6.45, 7) is 4.68. The van der Waals surface area contributed by atoms with Crippen LogP contribution in [0, 0.1) is 0 Å². The first-order valence-electron chi connectivity index (χ1n) is 16.1. The maximum atomic E-state index is 5.27. The van der Waals surface area contributed by atoms with E-state index in [-0.39, 0.29) is 5.41 Å². The molecule has 0 radical (unpaired) electrons. The van der Waals surface area contributed by atoms with Gasteiger partial charge in [0.05, 0.1) is 22.6 Å². The summed E-state index contributed by atoms with van der Waals surface area (Å²) >= 11 is 0. The van der Waals surface area contributed by atoms with E-state index in [4.69, 9.17) is 15.0 Å². The first-order chi connectivity index (χ1) is 23.1. The molecule has 0 bridgehead atoms. The third kappa shape index (κ3) is 4.39. The second-order valence-corrected chi connectivity index (χ2v) is 12.8. The Labute approximate surface area is 274 Å². The molecule has 47 heavy (non-hydrogen) atoms. The lowest BCUT2D eigenvalue weighted by Gasteiger charge is -2.22. The zero-order chi connectivity index (χ0) is 31.5. The minimum atomic E-state index is -0.0702. The summed E-state index contributed by atoms with van der Waals surface area (Å²) < 4.78 is 0. The average Bonchev–Trinajstić information content (AvgIpc) is 3.38. The maximum Gasteiger partial charge on any atom is 0.160 e. The monoisotopic (exact) mass is 601 g/mol. The Kier molecular flexibility index (Phi) is 6.16. The summed E-state index contributed by atoms with van der Waals surface area (Å²) in [5.74, 6) is 0.699. The molecule has 8 aromatic rings. The predicted octanol–water partition coefficient (Wildman–Crippen LogP) is 11.2. The Morgan fingerprint density at radius 3 is 1.74 bits per heavy atom. The van der Waals surface area contributed by atoms with Gasteiger partial charge in [0.2, 0.25) is 0 Å². The Bertz CT molecular complexity index is 2410. The molecule has 0 saturated heterocycles. The lowest BCUT2D eigenvalue weighted by atomic mass is 9.82. The van der Waals surface area contributed by atoms with Gasteiger partial charge in [-0.15, -0.1) is 0 Å². The van der Waals surface area contributed by atoms with Gasteiger partial charge in [-0.3, -0.25) is 0 Å². The fraction of sp³-hybridized carbons (Fsp3) is 0.0682. The summed E-state index contributed by atoms with van der Waals surface area (Å²) in [4.78, 5) is 15.4. The molecule has 0 N–H and O–H groups in total. The van der Waals surface area contributed by atoms with E-state index < -0.39 is 0 Å². The van der Waals surface area contributed by atoms with Crippen molar-refractivity contribution in [2.45, 2.75) is 19.3 Å². The van der Waals surface area contributed by atoms with E-state index in [1.807, 2.05) is 36.4 Å². The van der Waals surface area contributed by atoms with Crippen LogP contribution in [0.4, 0.5) is 0 Å². The fourth-order valence-electron chi connectivity index (χ4n) is 7.32. The van der Waals surface area contributed by atoms with Crippen molar-refractivity contribution in [1.29, 1.82) is 0 Å². The largest absolute Gasteiger partial charge is 0.247 e. The van der Waals surface area contributed by atoms with Crippen molar-refractivity contribution in [3.63, 3.8) is 0 Å². The zero-order valence-electron chi connectivity index (χ0n) is 26.3. The molecular weight excluding hydrogens is 571 g/mol. The van der Waals surface area contributed by atoms with Crippen LogP contribution in [0.1, 0.15) is 25.0 Å². The van der Waals surface area contributed by atoms with E-state index in [0.717, 1.165) is 50.2 Å². The first-order valence-corrected chi connectivity index (χ1v) is 16.1. The number of para-hydroxylation sites is 1. The highest BCUT2D eigenvalue weighted by molar-refractivity contribution is 6.19. The van der Waals surface area contributed by atoms with Gasteiger partial charge < -0.3 is 0 Å². The van der Waals surface area contributed by atoms with Crippen LogP contribution in [0.5, 0.6) is 0 Å². The van der Waals surface area contributed by atoms with Crippen LogP contribution in [0.3, 0.4) is 0 Å². The maximum absolute atomic E-state index is 5.27. The molecule has 0 aliphatic heterocycles. The molecule has 0 amide bonds. The number of hydrogen-bond donors (Lipinski definition) is 0. The number of aromatic nitrogens is 3. The minimum Gasteiger partial charge on any atom is -0.247 e. The molecule has 6 aromatic carbocycles. The van der Waals surface area contributed by atoms with E-state index in [0.29, 0.717) is 5.82 Å². The number of benzene rings is 6. The van der Waals surface area contributed by atoms with Gasteiger partial charge in [-0.05, 0) is 34.4 Å². The second-order valence-electron chi connectivity index (χ2n) is 12.8. The number of hydrogen-bond acceptors (Lipinski definition) is 3. The van der Waals surface area contributed by atoms with E-state index in [1.165, 1.54) is 33.0 Å². The van der Waals surface area contributed by atoms with Crippen molar-refractivity contribution in [1.82, 2.24) is 15.0 Å². The van der Waals surface area contributed by atoms with Gasteiger partial charge in [-0.25, -0.2) is 15.0 Å². The Morgan fingerprint density at radius 2 is 1.04 bits per heavy atom. The summed E-state index contributed by atoms with van der Waals surface area (Å²) in [6.07, 6.45) is 0. The van der Waals surface area contributed by atoms with Gasteiger partial charge in [-0.2, -0.15) is 0 Å². The van der Waals surface area contributed by atoms with Crippen LogP contribution in [0.25, 0.3) is 78.0 Å². The van der Waals surface area contributed by atoms with Gasteiger partial charge >= 0.3 is 0 Å². The van der Waals surface area contributed by atoms with Crippen molar-refractivity contribution in [3.8, 4) is 56.3 Å². The molecule has 0 fully saturated rings. The van der Waals surface area contributed by atoms with Crippen molar-refractivity contribution in [3.05, 3.63) is 163 Å². The van der Waals surface area contributed by atoms with E-state index >= 15 is 0 Å². The first kappa shape index (κ1) is 27.4. The van der Waals surface area contributed by atoms with Gasteiger partial charge in [0.1, 0.15) is 0 Å². The Morgan fingerprint density at radius 1 is 0.447 bits per heavy atom. The van der Waals surface area contributed by atoms with E-state index in [1.54, 1.807) is 0 Å². The van der Waals surface area contributed by atoms with E-state index in [2.05, 4.69) is 129 Å². The number of nitrogens with zero attached hydrogens (tertiary/aromatic N) is 3. The number of fused-ring (bicyclic) bond motifs is 7. The van der Waals surface area contributed by atoms with Crippen LogP contribution in [-0.4, -0.2) is 15.0 Å². The zero-order valence-corrected chi connectivity index (χ0v) is 26.3. The average molecular weight is 602 g/mol. The Balaban J connectivity index is 1.22. The third-order valence-corrected chi connectivity index (χ3v) is 9.69. The normalized spacial score (nSPS) is 13.1. The molecule has 1 aliphatic rings. The molecule has 2 aromatic heterocycles. The molecule has 9 rings (SSSR count). The lowest BCUT2D eigenvalue weighted by Crippen LogP contribution is -2.14. The molecule has 2 heterocycles. The minimum absolute atomic E-state index is 0.0702.